The monoisotopic (exact) mass is 427 g/mol. The second-order valence-electron chi connectivity index (χ2n) is 7.04. The molecule has 2 N–H and O–H groups in total. The molecule has 0 bridgehead atoms. The van der Waals surface area contributed by atoms with Gasteiger partial charge in [-0.2, -0.15) is 4.72 Å². The van der Waals surface area contributed by atoms with Crippen LogP contribution in [0.4, 0.5) is 5.69 Å². The maximum Gasteiger partial charge on any atom is 0.254 e. The van der Waals surface area contributed by atoms with E-state index in [1.165, 1.54) is 36.2 Å². The molecule has 2 aromatic carbocycles. The fourth-order valence-electron chi connectivity index (χ4n) is 3.08. The normalized spacial score (nSPS) is 10.9. The lowest BCUT2D eigenvalue weighted by molar-refractivity contribution is -0.116. The SMILES string of the molecule is C#CCNS(=O)(=O)c1cccc(C(=O)N(C)CC(=O)Nc2c(C)cc(C)cc2C)c1. The van der Waals surface area contributed by atoms with Crippen LogP contribution in [0.15, 0.2) is 41.3 Å². The molecule has 0 saturated heterocycles. The molecule has 30 heavy (non-hydrogen) atoms. The molecule has 0 aromatic heterocycles. The molecule has 0 saturated carbocycles. The van der Waals surface area contributed by atoms with Gasteiger partial charge < -0.3 is 10.2 Å². The third kappa shape index (κ3) is 5.69. The van der Waals surface area contributed by atoms with E-state index in [-0.39, 0.29) is 29.5 Å². The molecule has 0 heterocycles. The summed E-state index contributed by atoms with van der Waals surface area (Å²) in [4.78, 5) is 26.3. The topological polar surface area (TPSA) is 95.6 Å². The number of nitrogens with one attached hydrogen (secondary N) is 2. The number of anilines is 1. The summed E-state index contributed by atoms with van der Waals surface area (Å²) in [7, 11) is -2.34. The van der Waals surface area contributed by atoms with Crippen molar-refractivity contribution in [2.45, 2.75) is 25.7 Å². The van der Waals surface area contributed by atoms with Gasteiger partial charge in [0.25, 0.3) is 5.91 Å². The van der Waals surface area contributed by atoms with Gasteiger partial charge in [-0.1, -0.05) is 29.7 Å². The lowest BCUT2D eigenvalue weighted by atomic mass is 10.1. The third-order valence-corrected chi connectivity index (χ3v) is 5.82. The molecule has 0 aliphatic heterocycles. The van der Waals surface area contributed by atoms with E-state index in [1.807, 2.05) is 32.9 Å². The number of rotatable bonds is 7. The number of sulfonamides is 1. The van der Waals surface area contributed by atoms with E-state index < -0.39 is 15.9 Å². The lowest BCUT2D eigenvalue weighted by Crippen LogP contribution is -2.35. The van der Waals surface area contributed by atoms with Gasteiger partial charge in [-0.25, -0.2) is 8.42 Å². The first-order valence-electron chi connectivity index (χ1n) is 9.21. The smallest absolute Gasteiger partial charge is 0.254 e. The van der Waals surface area contributed by atoms with Gasteiger partial charge in [-0.05, 0) is 50.1 Å². The average Bonchev–Trinajstić information content (AvgIpc) is 2.68. The Kier molecular flexibility index (Phi) is 7.38. The van der Waals surface area contributed by atoms with Gasteiger partial charge in [-0.3, -0.25) is 9.59 Å². The molecule has 0 spiro atoms. The number of amides is 2. The molecule has 0 aliphatic carbocycles. The van der Waals surface area contributed by atoms with E-state index in [0.717, 1.165) is 22.4 Å². The van der Waals surface area contributed by atoms with E-state index in [2.05, 4.69) is 16.0 Å². The fourth-order valence-corrected chi connectivity index (χ4v) is 4.06. The van der Waals surface area contributed by atoms with Crippen molar-refractivity contribution >= 4 is 27.5 Å². The van der Waals surface area contributed by atoms with Crippen molar-refractivity contribution < 1.29 is 18.0 Å². The Bertz CT molecular complexity index is 1090. The number of benzene rings is 2. The summed E-state index contributed by atoms with van der Waals surface area (Å²) in [5.74, 6) is 1.37. The maximum atomic E-state index is 12.7. The molecule has 158 valence electrons. The summed E-state index contributed by atoms with van der Waals surface area (Å²) >= 11 is 0. The van der Waals surface area contributed by atoms with Crippen LogP contribution >= 0.6 is 0 Å². The Balaban J connectivity index is 2.12. The Morgan fingerprint density at radius 3 is 2.33 bits per heavy atom. The van der Waals surface area contributed by atoms with Crippen molar-refractivity contribution in [2.24, 2.45) is 0 Å². The van der Waals surface area contributed by atoms with Crippen molar-refractivity contribution in [3.63, 3.8) is 0 Å². The molecule has 8 heteroatoms. The zero-order valence-electron chi connectivity index (χ0n) is 17.4. The zero-order chi connectivity index (χ0) is 22.5. The number of nitrogens with zero attached hydrogens (tertiary/aromatic N) is 1. The van der Waals surface area contributed by atoms with Crippen LogP contribution in [0.5, 0.6) is 0 Å². The minimum absolute atomic E-state index is 0.0765. The number of hydrogen-bond donors (Lipinski definition) is 2. The molecule has 0 atom stereocenters. The van der Waals surface area contributed by atoms with Crippen LogP contribution in [0.1, 0.15) is 27.0 Å². The number of terminal acetylenes is 1. The molecule has 0 aliphatic rings. The first kappa shape index (κ1) is 23.1. The highest BCUT2D eigenvalue weighted by Gasteiger charge is 2.19. The molecule has 0 unspecified atom stereocenters. The van der Waals surface area contributed by atoms with E-state index in [1.54, 1.807) is 0 Å². The predicted molar refractivity (Wildman–Crippen MR) is 117 cm³/mol. The Hall–Kier alpha value is -3.15. The van der Waals surface area contributed by atoms with Crippen molar-refractivity contribution in [2.75, 3.05) is 25.5 Å². The van der Waals surface area contributed by atoms with Crippen molar-refractivity contribution in [3.05, 3.63) is 58.7 Å². The Morgan fingerprint density at radius 2 is 1.73 bits per heavy atom. The molecule has 0 fully saturated rings. The largest absolute Gasteiger partial charge is 0.332 e. The Morgan fingerprint density at radius 1 is 1.10 bits per heavy atom. The second kappa shape index (κ2) is 9.57. The summed E-state index contributed by atoms with van der Waals surface area (Å²) in [5, 5.41) is 2.84. The van der Waals surface area contributed by atoms with E-state index in [9.17, 15) is 18.0 Å². The minimum Gasteiger partial charge on any atom is -0.332 e. The van der Waals surface area contributed by atoms with Gasteiger partial charge in [0.2, 0.25) is 15.9 Å². The van der Waals surface area contributed by atoms with E-state index >= 15 is 0 Å². The van der Waals surface area contributed by atoms with Crippen LogP contribution in [0.25, 0.3) is 0 Å². The summed E-state index contributed by atoms with van der Waals surface area (Å²) in [5.41, 5.74) is 3.84. The molecule has 2 rings (SSSR count). The highest BCUT2D eigenvalue weighted by molar-refractivity contribution is 7.89. The van der Waals surface area contributed by atoms with Gasteiger partial charge in [0.15, 0.2) is 0 Å². The van der Waals surface area contributed by atoms with Crippen LogP contribution in [-0.2, 0) is 14.8 Å². The second-order valence-corrected chi connectivity index (χ2v) is 8.81. The number of aryl methyl sites for hydroxylation is 3. The zero-order valence-corrected chi connectivity index (χ0v) is 18.3. The van der Waals surface area contributed by atoms with Crippen molar-refractivity contribution in [3.8, 4) is 12.3 Å². The van der Waals surface area contributed by atoms with Crippen LogP contribution in [0.2, 0.25) is 0 Å². The molecular weight excluding hydrogens is 402 g/mol. The Labute approximate surface area is 177 Å². The first-order chi connectivity index (χ1) is 14.0. The molecular formula is C22H25N3O4S. The number of likely N-dealkylation sites (N-methyl/N-ethyl adjacent to an activating group) is 1. The van der Waals surface area contributed by atoms with Gasteiger partial charge in [0.1, 0.15) is 0 Å². The van der Waals surface area contributed by atoms with Crippen molar-refractivity contribution in [1.82, 2.24) is 9.62 Å². The maximum absolute atomic E-state index is 12.7. The summed E-state index contributed by atoms with van der Waals surface area (Å²) < 4.78 is 26.7. The van der Waals surface area contributed by atoms with Crippen LogP contribution in [-0.4, -0.2) is 45.3 Å². The number of carbonyl (C=O) groups excluding carboxylic acids is 2. The minimum atomic E-state index is -3.82. The summed E-state index contributed by atoms with van der Waals surface area (Å²) in [6.07, 6.45) is 5.08. The van der Waals surface area contributed by atoms with Crippen molar-refractivity contribution in [1.29, 1.82) is 0 Å². The summed E-state index contributed by atoms with van der Waals surface area (Å²) in [6.45, 7) is 5.46. The standard InChI is InChI=1S/C22H25N3O4S/c1-6-10-23-30(28,29)19-9-7-8-18(13-19)22(27)25(5)14-20(26)24-21-16(3)11-15(2)12-17(21)4/h1,7-9,11-13,23H,10,14H2,2-5H3,(H,24,26). The molecule has 7 nitrogen and oxygen atoms in total. The highest BCUT2D eigenvalue weighted by atomic mass is 32.2. The van der Waals surface area contributed by atoms with E-state index in [4.69, 9.17) is 6.42 Å². The predicted octanol–water partition coefficient (Wildman–Crippen LogP) is 2.23. The molecule has 0 radical (unpaired) electrons. The van der Waals surface area contributed by atoms with Gasteiger partial charge in [0.05, 0.1) is 18.0 Å². The van der Waals surface area contributed by atoms with E-state index in [0.29, 0.717) is 0 Å². The highest BCUT2D eigenvalue weighted by Crippen LogP contribution is 2.22. The molecule has 2 aromatic rings. The van der Waals surface area contributed by atoms with Crippen LogP contribution in [0, 0.1) is 33.1 Å². The van der Waals surface area contributed by atoms with Crippen LogP contribution < -0.4 is 10.0 Å². The third-order valence-electron chi connectivity index (χ3n) is 4.42. The lowest BCUT2D eigenvalue weighted by Gasteiger charge is -2.19. The number of hydrogen-bond acceptors (Lipinski definition) is 4. The van der Waals surface area contributed by atoms with Gasteiger partial charge in [-0.15, -0.1) is 6.42 Å². The fraction of sp³-hybridized carbons (Fsp3) is 0.273. The number of carbonyl (C=O) groups is 2. The molecule has 2 amide bonds. The first-order valence-corrected chi connectivity index (χ1v) is 10.7. The van der Waals surface area contributed by atoms with Crippen LogP contribution in [0.3, 0.4) is 0 Å². The quantitative estimate of drug-likeness (QED) is 0.663. The average molecular weight is 428 g/mol. The van der Waals surface area contributed by atoms with Gasteiger partial charge >= 0.3 is 0 Å². The summed E-state index contributed by atoms with van der Waals surface area (Å²) in [6, 6.07) is 9.51. The van der Waals surface area contributed by atoms with Gasteiger partial charge in [0, 0.05) is 18.3 Å².